The van der Waals surface area contributed by atoms with Crippen LogP contribution < -0.4 is 63.1 Å². The third-order valence-electron chi connectivity index (χ3n) is 11.7. The predicted octanol–water partition coefficient (Wildman–Crippen LogP) is 6.25. The summed E-state index contributed by atoms with van der Waals surface area (Å²) in [6.45, 7) is 6.78. The monoisotopic (exact) mass is 1240 g/mol. The Hall–Kier alpha value is -9.67. The molecule has 9 amide bonds. The summed E-state index contributed by atoms with van der Waals surface area (Å²) < 4.78 is 26.2. The number of aromatic nitrogens is 2. The molecule has 2 heterocycles. The van der Waals surface area contributed by atoms with Crippen LogP contribution in [0.5, 0.6) is 11.5 Å². The number of ether oxygens (including phenoxy) is 5. The van der Waals surface area contributed by atoms with E-state index in [0.29, 0.717) is 49.8 Å². The van der Waals surface area contributed by atoms with Crippen molar-refractivity contribution in [2.45, 2.75) is 77.2 Å². The number of nitrogens with two attached hydrogens (primary N) is 1. The fourth-order valence-corrected chi connectivity index (χ4v) is 8.85. The van der Waals surface area contributed by atoms with Crippen LogP contribution in [0, 0.1) is 0 Å². The molecule has 6 aromatic rings. The van der Waals surface area contributed by atoms with E-state index in [1.165, 1.54) is 25.0 Å². The number of esters is 2. The predicted molar refractivity (Wildman–Crippen MR) is 325 cm³/mol. The third kappa shape index (κ3) is 25.6. The van der Waals surface area contributed by atoms with Gasteiger partial charge in [-0.15, -0.1) is 22.7 Å². The first-order valence-electron chi connectivity index (χ1n) is 27.3. The number of rotatable bonds is 29. The number of hydrogen-bond acceptors (Lipinski definition) is 19. The van der Waals surface area contributed by atoms with Crippen LogP contribution in [-0.4, -0.2) is 123 Å². The van der Waals surface area contributed by atoms with E-state index in [2.05, 4.69) is 57.8 Å². The summed E-state index contributed by atoms with van der Waals surface area (Å²) >= 11 is 2.11. The summed E-state index contributed by atoms with van der Waals surface area (Å²) in [5, 5.41) is 27.1. The fraction of sp³-hybridized carbons (Fsp3) is 0.339. The molecule has 87 heavy (non-hydrogen) atoms. The van der Waals surface area contributed by atoms with E-state index >= 15 is 0 Å². The number of hydrogen-bond donors (Lipinski definition) is 10. The number of carbonyl (C=O) groups is 9. The molecule has 28 heteroatoms. The van der Waals surface area contributed by atoms with Gasteiger partial charge >= 0.3 is 30.1 Å². The second-order valence-corrected chi connectivity index (χ2v) is 21.2. The zero-order chi connectivity index (χ0) is 63.0. The van der Waals surface area contributed by atoms with Gasteiger partial charge in [0.2, 0.25) is 11.8 Å². The minimum atomic E-state index is -0.631. The fourth-order valence-electron chi connectivity index (χ4n) is 7.48. The second kappa shape index (κ2) is 36.2. The zero-order valence-corrected chi connectivity index (χ0v) is 50.3. The van der Waals surface area contributed by atoms with Gasteiger partial charge in [0.15, 0.2) is 10.3 Å². The van der Waals surface area contributed by atoms with Crippen molar-refractivity contribution in [2.75, 3.05) is 64.2 Å². The number of benzene rings is 4. The Morgan fingerprint density at radius 3 is 1.37 bits per heavy atom. The molecule has 2 unspecified atom stereocenters. The minimum absolute atomic E-state index is 0.0205. The molecule has 0 bridgehead atoms. The van der Waals surface area contributed by atoms with Gasteiger partial charge in [0.05, 0.1) is 65.4 Å². The largest absolute Gasteiger partial charge is 0.493 e. The van der Waals surface area contributed by atoms with Crippen molar-refractivity contribution in [2.24, 2.45) is 5.73 Å². The van der Waals surface area contributed by atoms with E-state index in [1.54, 1.807) is 75.4 Å². The lowest BCUT2D eigenvalue weighted by atomic mass is 10.0. The molecule has 4 aromatic carbocycles. The van der Waals surface area contributed by atoms with Crippen LogP contribution >= 0.6 is 22.7 Å². The normalized spacial score (nSPS) is 11.3. The topological polar surface area (TPSA) is 360 Å². The van der Waals surface area contributed by atoms with Crippen molar-refractivity contribution in [3.8, 4) is 11.5 Å². The maximum absolute atomic E-state index is 12.6. The van der Waals surface area contributed by atoms with Gasteiger partial charge < -0.3 is 66.6 Å². The Labute approximate surface area is 510 Å². The third-order valence-corrected chi connectivity index (χ3v) is 13.2. The average molecular weight is 1240 g/mol. The Bertz CT molecular complexity index is 3220. The molecular formula is C59H72N12O14S2. The van der Waals surface area contributed by atoms with Gasteiger partial charge in [-0.05, 0) is 63.4 Å². The van der Waals surface area contributed by atoms with Gasteiger partial charge in [-0.1, -0.05) is 97.1 Å². The number of thiazole rings is 2. The standard InChI is InChI=1S/C32H40N6O8S.C27H32N6O6S/c1-32(2,3)46-31(43)33-15-10-16-45-25-14-9-8-13-22(25)18-35-29(42)38-30-37-24(20-47-30)28(41)34-19-26(39)36-23(17-27(40)44-4)21-11-6-5-7-12-21;1-38-24(35)14-20(18-8-3-2-4-9-18)31-23(34)16-29-25(36)21-17-40-27(32-21)33-26(37)30-15-19-10-5-6-11-22(19)39-13-7-12-28/h5-9,11-14,20,23H,10,15-19H2,1-4H3,(H,33,43)(H,34,41)(H,36,39)(H2,35,37,38,42);2-6,8-11,17,20H,7,12-16,28H2,1H3,(H,29,36)(H,31,34)(H2,30,32,33,37). The first-order valence-corrected chi connectivity index (χ1v) is 29.1. The lowest BCUT2D eigenvalue weighted by molar-refractivity contribution is -0.142. The molecule has 0 aliphatic carbocycles. The van der Waals surface area contributed by atoms with E-state index in [-0.39, 0.29) is 60.7 Å². The van der Waals surface area contributed by atoms with Gasteiger partial charge in [0.1, 0.15) is 28.5 Å². The van der Waals surface area contributed by atoms with Crippen molar-refractivity contribution in [1.29, 1.82) is 0 Å². The second-order valence-electron chi connectivity index (χ2n) is 19.5. The number of para-hydroxylation sites is 2. The van der Waals surface area contributed by atoms with Crippen LogP contribution in [0.3, 0.4) is 0 Å². The molecule has 6 rings (SSSR count). The molecule has 0 saturated heterocycles. The first-order chi connectivity index (χ1) is 41.8. The highest BCUT2D eigenvalue weighted by molar-refractivity contribution is 7.14. The molecule has 0 fully saturated rings. The molecule has 0 saturated carbocycles. The average Bonchev–Trinajstić information content (AvgIpc) is 4.37. The van der Waals surface area contributed by atoms with Crippen LogP contribution in [0.1, 0.15) is 102 Å². The molecule has 11 N–H and O–H groups in total. The number of amides is 9. The van der Waals surface area contributed by atoms with Crippen molar-refractivity contribution >= 4 is 86.7 Å². The highest BCUT2D eigenvalue weighted by Crippen LogP contribution is 2.22. The lowest BCUT2D eigenvalue weighted by Crippen LogP contribution is -2.39. The smallest absolute Gasteiger partial charge is 0.407 e. The highest BCUT2D eigenvalue weighted by atomic mass is 32.1. The lowest BCUT2D eigenvalue weighted by Gasteiger charge is -2.19. The maximum Gasteiger partial charge on any atom is 0.407 e. The van der Waals surface area contributed by atoms with Gasteiger partial charge in [-0.25, -0.2) is 24.4 Å². The molecular weight excluding hydrogens is 1160 g/mol. The van der Waals surface area contributed by atoms with E-state index < -0.39 is 71.4 Å². The molecule has 0 radical (unpaired) electrons. The molecule has 2 atom stereocenters. The summed E-state index contributed by atoms with van der Waals surface area (Å²) in [4.78, 5) is 119. The van der Waals surface area contributed by atoms with Crippen molar-refractivity contribution in [3.05, 3.63) is 154 Å². The molecule has 464 valence electrons. The summed E-state index contributed by atoms with van der Waals surface area (Å²) in [6.07, 6.45) is 0.648. The van der Waals surface area contributed by atoms with Crippen LogP contribution in [0.15, 0.2) is 120 Å². The Morgan fingerprint density at radius 2 is 0.954 bits per heavy atom. The van der Waals surface area contributed by atoms with Crippen LogP contribution in [0.4, 0.5) is 24.6 Å². The summed E-state index contributed by atoms with van der Waals surface area (Å²) in [5.41, 5.74) is 7.97. The van der Waals surface area contributed by atoms with E-state index in [0.717, 1.165) is 45.8 Å². The van der Waals surface area contributed by atoms with Gasteiger partial charge in [0.25, 0.3) is 11.8 Å². The van der Waals surface area contributed by atoms with Gasteiger partial charge in [0, 0.05) is 41.5 Å². The zero-order valence-electron chi connectivity index (χ0n) is 48.7. The Balaban J connectivity index is 0.000000321. The van der Waals surface area contributed by atoms with E-state index in [9.17, 15) is 43.2 Å². The van der Waals surface area contributed by atoms with Gasteiger partial charge in [-0.3, -0.25) is 39.4 Å². The van der Waals surface area contributed by atoms with Crippen LogP contribution in [0.2, 0.25) is 0 Å². The number of carbonyl (C=O) groups excluding carboxylic acids is 9. The Kier molecular flexibility index (Phi) is 28.4. The van der Waals surface area contributed by atoms with Crippen molar-refractivity contribution < 1.29 is 66.8 Å². The van der Waals surface area contributed by atoms with Crippen molar-refractivity contribution in [3.63, 3.8) is 0 Å². The summed E-state index contributed by atoms with van der Waals surface area (Å²) in [7, 11) is 2.54. The Morgan fingerprint density at radius 1 is 0.540 bits per heavy atom. The van der Waals surface area contributed by atoms with E-state index in [4.69, 9.17) is 29.4 Å². The minimum Gasteiger partial charge on any atom is -0.493 e. The molecule has 0 aliphatic heterocycles. The summed E-state index contributed by atoms with van der Waals surface area (Å²) in [5.74, 6) is -1.93. The number of alkyl carbamates (subject to hydrolysis) is 1. The van der Waals surface area contributed by atoms with Crippen LogP contribution in [-0.2, 0) is 46.5 Å². The maximum atomic E-state index is 12.6. The number of anilines is 2. The number of urea groups is 2. The van der Waals surface area contributed by atoms with Crippen molar-refractivity contribution in [1.82, 2.24) is 47.2 Å². The summed E-state index contributed by atoms with van der Waals surface area (Å²) in [6, 6.07) is 30.2. The highest BCUT2D eigenvalue weighted by Gasteiger charge is 2.23. The number of methoxy groups -OCH3 is 2. The molecule has 0 spiro atoms. The SMILES string of the molecule is COC(=O)CC(NC(=O)CNC(=O)c1csc(NC(=O)NCc2ccccc2OCCCN)n1)c1ccccc1.COC(=O)CC(NC(=O)CNC(=O)c1csc(NC(=O)NCc2ccccc2OCCCNC(=O)OC(C)(C)C)n1)c1ccccc1. The molecule has 2 aromatic heterocycles. The molecule has 26 nitrogen and oxygen atoms in total. The number of nitrogens with zero attached hydrogens (tertiary/aromatic N) is 2. The quantitative estimate of drug-likeness (QED) is 0.0141. The van der Waals surface area contributed by atoms with E-state index in [1.807, 2.05) is 54.6 Å². The van der Waals surface area contributed by atoms with Crippen LogP contribution in [0.25, 0.3) is 0 Å². The van der Waals surface area contributed by atoms with Gasteiger partial charge in [-0.2, -0.15) is 0 Å². The first kappa shape index (κ1) is 68.1. The number of nitrogens with one attached hydrogen (secondary N) is 9. The molecule has 0 aliphatic rings.